The van der Waals surface area contributed by atoms with Crippen LogP contribution >= 0.6 is 11.3 Å². The van der Waals surface area contributed by atoms with Gasteiger partial charge < -0.3 is 14.7 Å². The van der Waals surface area contributed by atoms with E-state index in [0.29, 0.717) is 17.2 Å². The van der Waals surface area contributed by atoms with E-state index in [2.05, 4.69) is 0 Å². The molecule has 1 atom stereocenters. The van der Waals surface area contributed by atoms with Crippen LogP contribution in [0.3, 0.4) is 0 Å². The highest BCUT2D eigenvalue weighted by Crippen LogP contribution is 2.37. The fourth-order valence-electron chi connectivity index (χ4n) is 2.03. The average molecular weight is 333 g/mol. The van der Waals surface area contributed by atoms with Crippen LogP contribution in [0.4, 0.5) is 0 Å². The number of amides is 1. The van der Waals surface area contributed by atoms with Gasteiger partial charge in [-0.2, -0.15) is 0 Å². The van der Waals surface area contributed by atoms with Crippen LogP contribution in [-0.2, 0) is 4.79 Å². The third-order valence-electron chi connectivity index (χ3n) is 3.51. The van der Waals surface area contributed by atoms with Crippen molar-refractivity contribution in [3.8, 4) is 16.2 Å². The van der Waals surface area contributed by atoms with Crippen molar-refractivity contribution in [1.82, 2.24) is 4.90 Å². The van der Waals surface area contributed by atoms with Crippen LogP contribution in [0.25, 0.3) is 10.4 Å². The van der Waals surface area contributed by atoms with Crippen molar-refractivity contribution in [3.63, 3.8) is 0 Å². The van der Waals surface area contributed by atoms with E-state index >= 15 is 0 Å². The van der Waals surface area contributed by atoms with Crippen molar-refractivity contribution in [3.05, 3.63) is 41.3 Å². The molecule has 1 aromatic carbocycles. The number of aliphatic carboxylic acids is 1. The SMILES string of the molecule is CCOc1cc(-c2ccccc2)sc1C(=O)N(C)C(C)C(=O)O. The van der Waals surface area contributed by atoms with Crippen molar-refractivity contribution >= 4 is 23.2 Å². The normalized spacial score (nSPS) is 11.8. The molecule has 0 spiro atoms. The molecule has 0 fully saturated rings. The monoisotopic (exact) mass is 333 g/mol. The number of rotatable bonds is 6. The van der Waals surface area contributed by atoms with E-state index in [0.717, 1.165) is 10.4 Å². The maximum atomic E-state index is 12.6. The second kappa shape index (κ2) is 7.28. The van der Waals surface area contributed by atoms with Gasteiger partial charge in [-0.05, 0) is 25.5 Å². The number of carboxylic acid groups (broad SMARTS) is 1. The highest BCUT2D eigenvalue weighted by atomic mass is 32.1. The van der Waals surface area contributed by atoms with Crippen LogP contribution in [0.15, 0.2) is 36.4 Å². The molecule has 1 N–H and O–H groups in total. The van der Waals surface area contributed by atoms with Gasteiger partial charge in [-0.15, -0.1) is 11.3 Å². The smallest absolute Gasteiger partial charge is 0.326 e. The second-order valence-electron chi connectivity index (χ2n) is 5.03. The van der Waals surface area contributed by atoms with Gasteiger partial charge in [0.15, 0.2) is 0 Å². The average Bonchev–Trinajstić information content (AvgIpc) is 2.97. The molecular formula is C17H19NO4S. The van der Waals surface area contributed by atoms with Crippen LogP contribution in [0.1, 0.15) is 23.5 Å². The van der Waals surface area contributed by atoms with Gasteiger partial charge in [-0.25, -0.2) is 4.79 Å². The maximum absolute atomic E-state index is 12.6. The Morgan fingerprint density at radius 3 is 2.52 bits per heavy atom. The van der Waals surface area contributed by atoms with E-state index in [1.807, 2.05) is 43.3 Å². The van der Waals surface area contributed by atoms with Crippen molar-refractivity contribution in [2.45, 2.75) is 19.9 Å². The zero-order chi connectivity index (χ0) is 17.0. The van der Waals surface area contributed by atoms with Crippen molar-refractivity contribution in [2.24, 2.45) is 0 Å². The zero-order valence-electron chi connectivity index (χ0n) is 13.3. The first-order valence-electron chi connectivity index (χ1n) is 7.27. The lowest BCUT2D eigenvalue weighted by molar-refractivity contribution is -0.141. The maximum Gasteiger partial charge on any atom is 0.326 e. The summed E-state index contributed by atoms with van der Waals surface area (Å²) in [5, 5.41) is 9.08. The molecule has 0 bridgehead atoms. The van der Waals surface area contributed by atoms with Crippen molar-refractivity contribution in [2.75, 3.05) is 13.7 Å². The molecule has 5 nitrogen and oxygen atoms in total. The van der Waals surface area contributed by atoms with Gasteiger partial charge in [0.1, 0.15) is 16.7 Å². The Morgan fingerprint density at radius 1 is 1.30 bits per heavy atom. The molecule has 0 aliphatic heterocycles. The first kappa shape index (κ1) is 17.0. The molecule has 0 saturated carbocycles. The summed E-state index contributed by atoms with van der Waals surface area (Å²) in [6.45, 7) is 3.76. The standard InChI is InChI=1S/C17H19NO4S/c1-4-22-13-10-14(12-8-6-5-7-9-12)23-15(13)16(19)18(3)11(2)17(20)21/h5-11H,4H2,1-3H3,(H,20,21). The Kier molecular flexibility index (Phi) is 5.39. The summed E-state index contributed by atoms with van der Waals surface area (Å²) < 4.78 is 5.57. The topological polar surface area (TPSA) is 66.8 Å². The summed E-state index contributed by atoms with van der Waals surface area (Å²) in [5.74, 6) is -0.903. The highest BCUT2D eigenvalue weighted by Gasteiger charge is 2.27. The Morgan fingerprint density at radius 2 is 1.96 bits per heavy atom. The minimum Gasteiger partial charge on any atom is -0.492 e. The number of hydrogen-bond donors (Lipinski definition) is 1. The molecule has 0 saturated heterocycles. The molecule has 0 radical (unpaired) electrons. The molecule has 122 valence electrons. The summed E-state index contributed by atoms with van der Waals surface area (Å²) in [5.41, 5.74) is 0.992. The van der Waals surface area contributed by atoms with Gasteiger partial charge in [0, 0.05) is 11.9 Å². The Balaban J connectivity index is 2.39. The number of thiophene rings is 1. The number of ether oxygens (including phenoxy) is 1. The molecule has 0 aliphatic carbocycles. The van der Waals surface area contributed by atoms with E-state index in [1.165, 1.54) is 30.2 Å². The van der Waals surface area contributed by atoms with Gasteiger partial charge in [0.05, 0.1) is 6.61 Å². The van der Waals surface area contributed by atoms with E-state index in [1.54, 1.807) is 0 Å². The molecule has 1 heterocycles. The van der Waals surface area contributed by atoms with Crippen LogP contribution in [0.2, 0.25) is 0 Å². The lowest BCUT2D eigenvalue weighted by atomic mass is 10.2. The lowest BCUT2D eigenvalue weighted by Gasteiger charge is -2.21. The summed E-state index contributed by atoms with van der Waals surface area (Å²) >= 11 is 1.31. The number of carboxylic acids is 1. The number of likely N-dealkylation sites (N-methyl/N-ethyl adjacent to an activating group) is 1. The number of carbonyl (C=O) groups is 2. The van der Waals surface area contributed by atoms with Gasteiger partial charge in [-0.1, -0.05) is 30.3 Å². The number of hydrogen-bond acceptors (Lipinski definition) is 4. The fraction of sp³-hybridized carbons (Fsp3) is 0.294. The Labute approximate surface area is 139 Å². The third kappa shape index (κ3) is 3.71. The fourth-order valence-corrected chi connectivity index (χ4v) is 3.12. The van der Waals surface area contributed by atoms with E-state index < -0.39 is 12.0 Å². The van der Waals surface area contributed by atoms with E-state index in [9.17, 15) is 9.59 Å². The highest BCUT2D eigenvalue weighted by molar-refractivity contribution is 7.17. The van der Waals surface area contributed by atoms with Crippen LogP contribution in [0.5, 0.6) is 5.75 Å². The number of carbonyl (C=O) groups excluding carboxylic acids is 1. The van der Waals surface area contributed by atoms with Gasteiger partial charge in [0.25, 0.3) is 5.91 Å². The van der Waals surface area contributed by atoms with Gasteiger partial charge >= 0.3 is 5.97 Å². The molecule has 6 heteroatoms. The van der Waals surface area contributed by atoms with Crippen LogP contribution in [-0.4, -0.2) is 41.6 Å². The largest absolute Gasteiger partial charge is 0.492 e. The minimum atomic E-state index is -1.04. The Hall–Kier alpha value is -2.34. The first-order chi connectivity index (χ1) is 11.0. The van der Waals surface area contributed by atoms with E-state index in [4.69, 9.17) is 9.84 Å². The molecule has 0 aliphatic rings. The predicted octanol–water partition coefficient (Wildman–Crippen LogP) is 3.36. The van der Waals surface area contributed by atoms with Crippen LogP contribution < -0.4 is 4.74 Å². The quantitative estimate of drug-likeness (QED) is 0.880. The molecule has 1 aromatic heterocycles. The summed E-state index contributed by atoms with van der Waals surface area (Å²) in [6.07, 6.45) is 0. The second-order valence-corrected chi connectivity index (χ2v) is 6.09. The molecular weight excluding hydrogens is 314 g/mol. The minimum absolute atomic E-state index is 0.351. The number of benzene rings is 1. The van der Waals surface area contributed by atoms with Gasteiger partial charge in [0.2, 0.25) is 0 Å². The molecule has 2 rings (SSSR count). The predicted molar refractivity (Wildman–Crippen MR) is 90.1 cm³/mol. The van der Waals surface area contributed by atoms with Crippen molar-refractivity contribution < 1.29 is 19.4 Å². The summed E-state index contributed by atoms with van der Waals surface area (Å²) in [7, 11) is 1.48. The summed E-state index contributed by atoms with van der Waals surface area (Å²) in [6, 6.07) is 10.6. The van der Waals surface area contributed by atoms with Gasteiger partial charge in [-0.3, -0.25) is 4.79 Å². The molecule has 1 amide bonds. The molecule has 2 aromatic rings. The molecule has 23 heavy (non-hydrogen) atoms. The summed E-state index contributed by atoms with van der Waals surface area (Å²) in [4.78, 5) is 26.3. The third-order valence-corrected chi connectivity index (χ3v) is 4.66. The Bertz CT molecular complexity index is 696. The van der Waals surface area contributed by atoms with Crippen molar-refractivity contribution in [1.29, 1.82) is 0 Å². The molecule has 1 unspecified atom stereocenters. The lowest BCUT2D eigenvalue weighted by Crippen LogP contribution is -2.40. The van der Waals surface area contributed by atoms with Crippen LogP contribution in [0, 0.1) is 0 Å². The van der Waals surface area contributed by atoms with E-state index in [-0.39, 0.29) is 5.91 Å². The first-order valence-corrected chi connectivity index (χ1v) is 8.09. The zero-order valence-corrected chi connectivity index (χ0v) is 14.1. The number of nitrogens with zero attached hydrogens (tertiary/aromatic N) is 1.